The zero-order valence-corrected chi connectivity index (χ0v) is 16.7. The van der Waals surface area contributed by atoms with Gasteiger partial charge in [0, 0.05) is 30.9 Å². The topological polar surface area (TPSA) is 89.7 Å². The number of fused-ring (bicyclic) bond motifs is 1. The number of likely N-dealkylation sites (tertiary alicyclic amines) is 1. The van der Waals surface area contributed by atoms with Gasteiger partial charge in [-0.1, -0.05) is 6.07 Å². The second-order valence-electron chi connectivity index (χ2n) is 7.46. The van der Waals surface area contributed by atoms with E-state index in [2.05, 4.69) is 25.0 Å². The fraction of sp³-hybridized carbons (Fsp3) is 0.273. The number of hydrogen-bond donors (Lipinski definition) is 0. The minimum atomic E-state index is -0.0228. The molecule has 0 saturated carbocycles. The number of pyridine rings is 2. The molecule has 4 aromatic rings. The van der Waals surface area contributed by atoms with E-state index >= 15 is 0 Å². The lowest BCUT2D eigenvalue weighted by molar-refractivity contribution is 0.0718. The van der Waals surface area contributed by atoms with Crippen LogP contribution in [0.2, 0.25) is 0 Å². The van der Waals surface area contributed by atoms with Crippen LogP contribution in [0.5, 0.6) is 0 Å². The summed E-state index contributed by atoms with van der Waals surface area (Å²) in [4.78, 5) is 32.6. The number of carbonyl (C=O) groups is 1. The highest BCUT2D eigenvalue weighted by molar-refractivity contribution is 5.92. The number of hydrogen-bond acceptors (Lipinski definition) is 6. The molecule has 0 aliphatic carbocycles. The number of nitrogens with zero attached hydrogens (tertiary/aromatic N) is 7. The fourth-order valence-electron chi connectivity index (χ4n) is 3.75. The van der Waals surface area contributed by atoms with E-state index in [4.69, 9.17) is 0 Å². The Balaban J connectivity index is 1.53. The maximum Gasteiger partial charge on any atom is 0.272 e. The first-order valence-corrected chi connectivity index (χ1v) is 10.1. The van der Waals surface area contributed by atoms with Gasteiger partial charge >= 0.3 is 0 Å². The normalized spacial score (nSPS) is 14.2. The summed E-state index contributed by atoms with van der Waals surface area (Å²) in [6.07, 6.45) is 10.2. The monoisotopic (exact) mass is 399 g/mol. The van der Waals surface area contributed by atoms with Crippen molar-refractivity contribution in [2.75, 3.05) is 13.1 Å². The van der Waals surface area contributed by atoms with Crippen LogP contribution in [0.1, 0.15) is 35.4 Å². The molecule has 1 amide bonds. The van der Waals surface area contributed by atoms with Gasteiger partial charge in [0.1, 0.15) is 11.4 Å². The van der Waals surface area contributed by atoms with Crippen molar-refractivity contribution in [3.63, 3.8) is 0 Å². The van der Waals surface area contributed by atoms with Gasteiger partial charge in [-0.2, -0.15) is 5.10 Å². The Morgan fingerprint density at radius 3 is 2.67 bits per heavy atom. The van der Waals surface area contributed by atoms with Crippen molar-refractivity contribution in [2.45, 2.75) is 26.2 Å². The van der Waals surface area contributed by atoms with Crippen molar-refractivity contribution in [3.05, 3.63) is 60.4 Å². The third-order valence-electron chi connectivity index (χ3n) is 5.28. The van der Waals surface area contributed by atoms with Gasteiger partial charge in [-0.15, -0.1) is 0 Å². The lowest BCUT2D eigenvalue weighted by atomic mass is 10.1. The summed E-state index contributed by atoms with van der Waals surface area (Å²) in [6.45, 7) is 3.48. The standard InChI is InChI=1S/C22H21N7O/c1-15-11-23-14-19(26-15)18-10-20-16(12-24-18)13-25-29(20)21-7-5-6-17(27-21)22(30)28-8-3-2-4-9-28/h5-7,10-14H,2-4,8-9H2,1H3. The summed E-state index contributed by atoms with van der Waals surface area (Å²) in [7, 11) is 0. The van der Waals surface area contributed by atoms with Crippen LogP contribution >= 0.6 is 0 Å². The van der Waals surface area contributed by atoms with Crippen molar-refractivity contribution >= 4 is 16.8 Å². The number of rotatable bonds is 3. The molecular formula is C22H21N7O. The van der Waals surface area contributed by atoms with E-state index in [0.717, 1.165) is 42.5 Å². The van der Waals surface area contributed by atoms with Crippen LogP contribution < -0.4 is 0 Å². The Bertz CT molecular complexity index is 1230. The molecule has 0 aromatic carbocycles. The summed E-state index contributed by atoms with van der Waals surface area (Å²) in [5.41, 5.74) is 3.52. The van der Waals surface area contributed by atoms with Crippen LogP contribution in [-0.4, -0.2) is 53.6 Å². The van der Waals surface area contributed by atoms with E-state index < -0.39 is 0 Å². The third-order valence-corrected chi connectivity index (χ3v) is 5.28. The van der Waals surface area contributed by atoms with E-state index in [1.165, 1.54) is 6.42 Å². The minimum absolute atomic E-state index is 0.0228. The van der Waals surface area contributed by atoms with Crippen molar-refractivity contribution < 1.29 is 4.79 Å². The highest BCUT2D eigenvalue weighted by Gasteiger charge is 2.20. The molecule has 4 aromatic heterocycles. The van der Waals surface area contributed by atoms with Crippen LogP contribution in [0.4, 0.5) is 0 Å². The van der Waals surface area contributed by atoms with Gasteiger partial charge in [0.05, 0.1) is 29.3 Å². The molecule has 1 aliphatic rings. The molecule has 8 nitrogen and oxygen atoms in total. The Labute approximate surface area is 173 Å². The molecule has 30 heavy (non-hydrogen) atoms. The van der Waals surface area contributed by atoms with Crippen LogP contribution in [0.3, 0.4) is 0 Å². The van der Waals surface area contributed by atoms with Crippen molar-refractivity contribution in [3.8, 4) is 17.2 Å². The lowest BCUT2D eigenvalue weighted by Gasteiger charge is -2.26. The van der Waals surface area contributed by atoms with Crippen LogP contribution in [0, 0.1) is 6.92 Å². The number of amides is 1. The molecule has 1 fully saturated rings. The molecule has 5 heterocycles. The Morgan fingerprint density at radius 2 is 1.83 bits per heavy atom. The molecule has 0 atom stereocenters. The summed E-state index contributed by atoms with van der Waals surface area (Å²) in [6, 6.07) is 7.39. The average molecular weight is 399 g/mol. The first-order valence-electron chi connectivity index (χ1n) is 10.1. The largest absolute Gasteiger partial charge is 0.337 e. The fourth-order valence-corrected chi connectivity index (χ4v) is 3.75. The molecule has 1 aliphatic heterocycles. The SMILES string of the molecule is Cc1cncc(-c2cc3c(cn2)cnn3-c2cccc(C(=O)N3CCCCC3)n2)n1. The molecule has 0 N–H and O–H groups in total. The average Bonchev–Trinajstić information content (AvgIpc) is 3.22. The maximum atomic E-state index is 12.9. The Hall–Kier alpha value is -3.68. The molecule has 150 valence electrons. The summed E-state index contributed by atoms with van der Waals surface area (Å²) in [5, 5.41) is 5.37. The van der Waals surface area contributed by atoms with E-state index in [0.29, 0.717) is 22.9 Å². The van der Waals surface area contributed by atoms with Gasteiger partial charge in [-0.3, -0.25) is 14.8 Å². The lowest BCUT2D eigenvalue weighted by Crippen LogP contribution is -2.36. The number of aryl methyl sites for hydroxylation is 1. The highest BCUT2D eigenvalue weighted by Crippen LogP contribution is 2.22. The number of carbonyl (C=O) groups excluding carboxylic acids is 1. The Morgan fingerprint density at radius 1 is 0.967 bits per heavy atom. The zero-order chi connectivity index (χ0) is 20.5. The quantitative estimate of drug-likeness (QED) is 0.525. The minimum Gasteiger partial charge on any atom is -0.337 e. The zero-order valence-electron chi connectivity index (χ0n) is 16.7. The second-order valence-corrected chi connectivity index (χ2v) is 7.46. The molecule has 0 bridgehead atoms. The third kappa shape index (κ3) is 3.41. The van der Waals surface area contributed by atoms with Crippen molar-refractivity contribution in [1.82, 2.24) is 34.6 Å². The van der Waals surface area contributed by atoms with Gasteiger partial charge in [-0.25, -0.2) is 14.6 Å². The number of aromatic nitrogens is 6. The Kier molecular flexibility index (Phi) is 4.66. The van der Waals surface area contributed by atoms with Crippen LogP contribution in [0.25, 0.3) is 28.1 Å². The first kappa shape index (κ1) is 18.4. The maximum absolute atomic E-state index is 12.9. The summed E-state index contributed by atoms with van der Waals surface area (Å²) in [5.74, 6) is 0.575. The summed E-state index contributed by atoms with van der Waals surface area (Å²) >= 11 is 0. The van der Waals surface area contributed by atoms with Gasteiger partial charge in [0.15, 0.2) is 5.82 Å². The van der Waals surface area contributed by atoms with E-state index in [1.807, 2.05) is 30.0 Å². The van der Waals surface area contributed by atoms with E-state index in [-0.39, 0.29) is 5.91 Å². The number of piperidine rings is 1. The summed E-state index contributed by atoms with van der Waals surface area (Å²) < 4.78 is 1.73. The molecule has 0 unspecified atom stereocenters. The molecule has 0 radical (unpaired) electrons. The predicted molar refractivity (Wildman–Crippen MR) is 112 cm³/mol. The molecule has 0 spiro atoms. The molecule has 8 heteroatoms. The molecule has 1 saturated heterocycles. The van der Waals surface area contributed by atoms with Crippen LogP contribution in [0.15, 0.2) is 49.1 Å². The van der Waals surface area contributed by atoms with Gasteiger partial charge in [0.25, 0.3) is 5.91 Å². The van der Waals surface area contributed by atoms with Crippen LogP contribution in [-0.2, 0) is 0 Å². The van der Waals surface area contributed by atoms with Crippen molar-refractivity contribution in [2.24, 2.45) is 0 Å². The van der Waals surface area contributed by atoms with Gasteiger partial charge < -0.3 is 4.90 Å². The van der Waals surface area contributed by atoms with Gasteiger partial charge in [0.2, 0.25) is 0 Å². The second kappa shape index (κ2) is 7.62. The highest BCUT2D eigenvalue weighted by atomic mass is 16.2. The van der Waals surface area contributed by atoms with Crippen molar-refractivity contribution in [1.29, 1.82) is 0 Å². The molecule has 5 rings (SSSR count). The molecular weight excluding hydrogens is 378 g/mol. The van der Waals surface area contributed by atoms with E-state index in [1.54, 1.807) is 35.5 Å². The van der Waals surface area contributed by atoms with Gasteiger partial charge in [-0.05, 0) is 44.4 Å². The predicted octanol–water partition coefficient (Wildman–Crippen LogP) is 3.21. The first-order chi connectivity index (χ1) is 14.7. The smallest absolute Gasteiger partial charge is 0.272 e. The van der Waals surface area contributed by atoms with E-state index in [9.17, 15) is 4.79 Å².